The summed E-state index contributed by atoms with van der Waals surface area (Å²) in [5.74, 6) is -0.892. The molecule has 0 heterocycles. The summed E-state index contributed by atoms with van der Waals surface area (Å²) >= 11 is 0. The second-order valence-corrected chi connectivity index (χ2v) is 4.24. The molecular formula is C12H17NO2. The topological polar surface area (TPSA) is 49.3 Å². The zero-order valence-electron chi connectivity index (χ0n) is 9.37. The highest BCUT2D eigenvalue weighted by molar-refractivity contribution is 5.88. The molecule has 0 amide bonds. The third kappa shape index (κ3) is 3.27. The van der Waals surface area contributed by atoms with Crippen molar-refractivity contribution in [2.24, 2.45) is 0 Å². The van der Waals surface area contributed by atoms with Crippen molar-refractivity contribution in [3.8, 4) is 0 Å². The summed E-state index contributed by atoms with van der Waals surface area (Å²) < 4.78 is 0. The number of rotatable bonds is 4. The van der Waals surface area contributed by atoms with Crippen molar-refractivity contribution in [2.45, 2.75) is 32.7 Å². The second kappa shape index (κ2) is 4.34. The van der Waals surface area contributed by atoms with Crippen LogP contribution in [0.15, 0.2) is 24.3 Å². The molecule has 0 unspecified atom stereocenters. The molecule has 0 aliphatic heterocycles. The van der Waals surface area contributed by atoms with Gasteiger partial charge in [-0.25, -0.2) is 4.79 Å². The molecule has 0 aromatic heterocycles. The molecule has 0 aliphatic carbocycles. The highest BCUT2D eigenvalue weighted by atomic mass is 16.4. The molecule has 3 heteroatoms. The first-order valence-corrected chi connectivity index (χ1v) is 5.06. The molecule has 15 heavy (non-hydrogen) atoms. The summed E-state index contributed by atoms with van der Waals surface area (Å²) in [6, 6.07) is 6.80. The monoisotopic (exact) mass is 207 g/mol. The van der Waals surface area contributed by atoms with Gasteiger partial charge in [0.05, 0.1) is 5.56 Å². The van der Waals surface area contributed by atoms with Gasteiger partial charge in [0.1, 0.15) is 0 Å². The molecule has 0 bridgehead atoms. The second-order valence-electron chi connectivity index (χ2n) is 4.24. The Balaban J connectivity index is 2.77. The minimum absolute atomic E-state index is 0.0325. The van der Waals surface area contributed by atoms with Gasteiger partial charge in [-0.3, -0.25) is 0 Å². The summed E-state index contributed by atoms with van der Waals surface area (Å²) in [6.45, 7) is 6.33. The summed E-state index contributed by atoms with van der Waals surface area (Å²) in [5.41, 5.74) is 1.30. The first kappa shape index (κ1) is 11.6. The quantitative estimate of drug-likeness (QED) is 0.798. The van der Waals surface area contributed by atoms with Crippen LogP contribution in [-0.2, 0) is 0 Å². The lowest BCUT2D eigenvalue weighted by Crippen LogP contribution is -2.29. The van der Waals surface area contributed by atoms with Gasteiger partial charge in [-0.2, -0.15) is 0 Å². The molecule has 1 aromatic rings. The SMILES string of the molecule is CCC(C)(C)Nc1ccc(C(=O)O)cc1. The van der Waals surface area contributed by atoms with Crippen molar-refractivity contribution in [1.29, 1.82) is 0 Å². The van der Waals surface area contributed by atoms with E-state index in [1.54, 1.807) is 24.3 Å². The highest BCUT2D eigenvalue weighted by Crippen LogP contribution is 2.18. The van der Waals surface area contributed by atoms with Crippen LogP contribution in [0.5, 0.6) is 0 Å². The number of hydrogen-bond donors (Lipinski definition) is 2. The minimum atomic E-state index is -0.892. The van der Waals surface area contributed by atoms with Crippen LogP contribution in [0.25, 0.3) is 0 Å². The fourth-order valence-electron chi connectivity index (χ4n) is 1.18. The van der Waals surface area contributed by atoms with E-state index in [9.17, 15) is 4.79 Å². The Hall–Kier alpha value is -1.51. The van der Waals surface area contributed by atoms with Gasteiger partial charge in [0.2, 0.25) is 0 Å². The highest BCUT2D eigenvalue weighted by Gasteiger charge is 2.14. The van der Waals surface area contributed by atoms with E-state index >= 15 is 0 Å². The van der Waals surface area contributed by atoms with Crippen molar-refractivity contribution in [3.63, 3.8) is 0 Å². The minimum Gasteiger partial charge on any atom is -0.478 e. The maximum Gasteiger partial charge on any atom is 0.335 e. The zero-order valence-corrected chi connectivity index (χ0v) is 9.37. The van der Waals surface area contributed by atoms with Crippen molar-refractivity contribution in [2.75, 3.05) is 5.32 Å². The molecule has 0 atom stereocenters. The lowest BCUT2D eigenvalue weighted by Gasteiger charge is -2.25. The fraction of sp³-hybridized carbons (Fsp3) is 0.417. The van der Waals surface area contributed by atoms with Gasteiger partial charge in [0.15, 0.2) is 0 Å². The molecule has 0 spiro atoms. The Morgan fingerprint density at radius 1 is 1.33 bits per heavy atom. The summed E-state index contributed by atoms with van der Waals surface area (Å²) in [5, 5.41) is 12.1. The van der Waals surface area contributed by atoms with E-state index in [1.807, 2.05) is 0 Å². The average Bonchev–Trinajstić information content (AvgIpc) is 2.18. The number of carbonyl (C=O) groups is 1. The van der Waals surface area contributed by atoms with E-state index in [-0.39, 0.29) is 5.54 Å². The molecule has 2 N–H and O–H groups in total. The van der Waals surface area contributed by atoms with Gasteiger partial charge in [0.25, 0.3) is 0 Å². The van der Waals surface area contributed by atoms with Gasteiger partial charge < -0.3 is 10.4 Å². The number of carboxylic acid groups (broad SMARTS) is 1. The Labute approximate surface area is 90.1 Å². The van der Waals surface area contributed by atoms with Crippen molar-refractivity contribution in [3.05, 3.63) is 29.8 Å². The molecule has 3 nitrogen and oxygen atoms in total. The predicted molar refractivity (Wildman–Crippen MR) is 61.4 cm³/mol. The standard InChI is InChI=1S/C12H17NO2/c1-4-12(2,3)13-10-7-5-9(6-8-10)11(14)15/h5-8,13H,4H2,1-3H3,(H,14,15). The fourth-order valence-corrected chi connectivity index (χ4v) is 1.18. The molecule has 0 radical (unpaired) electrons. The molecule has 1 aromatic carbocycles. The normalized spacial score (nSPS) is 11.1. The largest absolute Gasteiger partial charge is 0.478 e. The first-order valence-electron chi connectivity index (χ1n) is 5.06. The Bertz CT molecular complexity index is 341. The third-order valence-corrected chi connectivity index (χ3v) is 2.50. The summed E-state index contributed by atoms with van der Waals surface area (Å²) in [4.78, 5) is 10.6. The molecule has 82 valence electrons. The van der Waals surface area contributed by atoms with E-state index in [4.69, 9.17) is 5.11 Å². The molecule has 0 saturated heterocycles. The number of aromatic carboxylic acids is 1. The van der Waals surface area contributed by atoms with Crippen LogP contribution in [0.1, 0.15) is 37.6 Å². The molecule has 0 saturated carbocycles. The summed E-state index contributed by atoms with van der Waals surface area (Å²) in [6.07, 6.45) is 1.01. The average molecular weight is 207 g/mol. The van der Waals surface area contributed by atoms with Gasteiger partial charge in [-0.1, -0.05) is 6.92 Å². The lowest BCUT2D eigenvalue weighted by atomic mass is 10.0. The van der Waals surface area contributed by atoms with E-state index in [2.05, 4.69) is 26.1 Å². The van der Waals surface area contributed by atoms with Crippen LogP contribution in [-0.4, -0.2) is 16.6 Å². The van der Waals surface area contributed by atoms with Crippen LogP contribution < -0.4 is 5.32 Å². The predicted octanol–water partition coefficient (Wildman–Crippen LogP) is 2.99. The molecule has 0 aliphatic rings. The van der Waals surface area contributed by atoms with Crippen LogP contribution in [0.2, 0.25) is 0 Å². The summed E-state index contributed by atoms with van der Waals surface area (Å²) in [7, 11) is 0. The van der Waals surface area contributed by atoms with Crippen molar-refractivity contribution in [1.82, 2.24) is 0 Å². The molecule has 0 fully saturated rings. The Kier molecular flexibility index (Phi) is 3.35. The Morgan fingerprint density at radius 2 is 1.87 bits per heavy atom. The van der Waals surface area contributed by atoms with Crippen LogP contribution >= 0.6 is 0 Å². The number of hydrogen-bond acceptors (Lipinski definition) is 2. The number of benzene rings is 1. The molecular weight excluding hydrogens is 190 g/mol. The van der Waals surface area contributed by atoms with E-state index in [0.29, 0.717) is 5.56 Å². The van der Waals surface area contributed by atoms with Crippen molar-refractivity contribution >= 4 is 11.7 Å². The Morgan fingerprint density at radius 3 is 2.27 bits per heavy atom. The van der Waals surface area contributed by atoms with Crippen molar-refractivity contribution < 1.29 is 9.90 Å². The zero-order chi connectivity index (χ0) is 11.5. The van der Waals surface area contributed by atoms with Gasteiger partial charge in [-0.15, -0.1) is 0 Å². The van der Waals surface area contributed by atoms with Gasteiger partial charge >= 0.3 is 5.97 Å². The number of nitrogens with one attached hydrogen (secondary N) is 1. The molecule has 1 rings (SSSR count). The van der Waals surface area contributed by atoms with E-state index in [1.165, 1.54) is 0 Å². The number of anilines is 1. The lowest BCUT2D eigenvalue weighted by molar-refractivity contribution is 0.0697. The van der Waals surface area contributed by atoms with Gasteiger partial charge in [0, 0.05) is 11.2 Å². The maximum absolute atomic E-state index is 10.6. The van der Waals surface area contributed by atoms with Crippen LogP contribution in [0.4, 0.5) is 5.69 Å². The van der Waals surface area contributed by atoms with E-state index in [0.717, 1.165) is 12.1 Å². The van der Waals surface area contributed by atoms with Crippen LogP contribution in [0.3, 0.4) is 0 Å². The first-order chi connectivity index (χ1) is 6.94. The van der Waals surface area contributed by atoms with E-state index < -0.39 is 5.97 Å². The third-order valence-electron chi connectivity index (χ3n) is 2.50. The van der Waals surface area contributed by atoms with Gasteiger partial charge in [-0.05, 0) is 44.5 Å². The van der Waals surface area contributed by atoms with Crippen LogP contribution in [0, 0.1) is 0 Å². The maximum atomic E-state index is 10.6. The number of carboxylic acids is 1. The smallest absolute Gasteiger partial charge is 0.335 e.